The average molecular weight is 1100 g/mol. The van der Waals surface area contributed by atoms with Crippen molar-refractivity contribution in [2.24, 2.45) is 0 Å². The molecule has 0 bridgehead atoms. The number of fused-ring (bicyclic) bond motifs is 2. The summed E-state index contributed by atoms with van der Waals surface area (Å²) in [5.74, 6) is 1.60. The third kappa shape index (κ3) is 9.72. The number of hydrogen-bond acceptors (Lipinski definition) is 8. The highest BCUT2D eigenvalue weighted by atomic mass is 15.3. The Hall–Kier alpha value is -11.7. The first-order chi connectivity index (χ1) is 42.7. The van der Waals surface area contributed by atoms with Gasteiger partial charge in [-0.2, -0.15) is 0 Å². The summed E-state index contributed by atoms with van der Waals surface area (Å²) >= 11 is 0. The molecule has 0 saturated carbocycles. The Morgan fingerprint density at radius 3 is 0.756 bits per heavy atom. The molecule has 86 heavy (non-hydrogen) atoms. The van der Waals surface area contributed by atoms with Gasteiger partial charge in [0, 0.05) is 55.6 Å². The lowest BCUT2D eigenvalue weighted by Crippen LogP contribution is -2.26. The first kappa shape index (κ1) is 51.2. The maximum absolute atomic E-state index is 5.70. The van der Waals surface area contributed by atoms with Crippen LogP contribution in [0, 0.1) is 0 Å². The maximum Gasteiger partial charge on any atom is 0.235 e. The summed E-state index contributed by atoms with van der Waals surface area (Å²) in [5.41, 5.74) is 20.4. The molecule has 8 nitrogen and oxygen atoms in total. The fraction of sp³-hybridized carbons (Fsp3) is 0. The van der Waals surface area contributed by atoms with Crippen LogP contribution in [0.5, 0.6) is 0 Å². The van der Waals surface area contributed by atoms with Crippen LogP contribution in [0.2, 0.25) is 0 Å². The van der Waals surface area contributed by atoms with Gasteiger partial charge in [-0.05, 0) is 59.7 Å². The number of nitrogens with zero attached hydrogens (tertiary/aromatic N) is 8. The molecule has 0 radical (unpaired) electrons. The molecule has 0 unspecified atom stereocenters. The van der Waals surface area contributed by atoms with E-state index in [1.165, 1.54) is 0 Å². The van der Waals surface area contributed by atoms with Crippen LogP contribution >= 0.6 is 0 Å². The molecule has 0 N–H and O–H groups in total. The van der Waals surface area contributed by atoms with E-state index in [2.05, 4.69) is 289 Å². The van der Waals surface area contributed by atoms with E-state index in [0.29, 0.717) is 17.6 Å². The van der Waals surface area contributed by atoms with Crippen LogP contribution in [0.1, 0.15) is 0 Å². The van der Waals surface area contributed by atoms with Crippen molar-refractivity contribution < 1.29 is 0 Å². The predicted molar refractivity (Wildman–Crippen MR) is 350 cm³/mol. The molecular formula is C78H52N8. The van der Waals surface area contributed by atoms with Gasteiger partial charge in [-0.1, -0.05) is 267 Å². The molecule has 11 aromatic carbocycles. The summed E-state index contributed by atoms with van der Waals surface area (Å²) in [4.78, 5) is 38.2. The molecule has 3 aromatic heterocycles. The molecule has 15 rings (SSSR count). The highest BCUT2D eigenvalue weighted by molar-refractivity contribution is 6.12. The van der Waals surface area contributed by atoms with E-state index in [9.17, 15) is 0 Å². The van der Waals surface area contributed by atoms with Crippen LogP contribution in [0.4, 0.5) is 34.4 Å². The molecule has 404 valence electrons. The fourth-order valence-corrected chi connectivity index (χ4v) is 11.7. The van der Waals surface area contributed by atoms with Crippen LogP contribution in [-0.4, -0.2) is 29.9 Å². The predicted octanol–water partition coefficient (Wildman–Crippen LogP) is 20.0. The fourth-order valence-electron chi connectivity index (χ4n) is 11.7. The Morgan fingerprint density at radius 2 is 0.442 bits per heavy atom. The van der Waals surface area contributed by atoms with Crippen molar-refractivity contribution in [3.05, 3.63) is 315 Å². The van der Waals surface area contributed by atoms with Crippen molar-refractivity contribution in [1.29, 1.82) is 0 Å². The largest absolute Gasteiger partial charge is 0.305 e. The number of rotatable bonds is 12. The minimum atomic E-state index is 0.518. The Kier molecular flexibility index (Phi) is 13.4. The van der Waals surface area contributed by atoms with Crippen molar-refractivity contribution in [3.8, 4) is 113 Å². The van der Waals surface area contributed by atoms with Crippen LogP contribution in [0.3, 0.4) is 0 Å². The minimum Gasteiger partial charge on any atom is -0.305 e. The van der Waals surface area contributed by atoms with Gasteiger partial charge in [0.15, 0.2) is 11.6 Å². The van der Waals surface area contributed by atoms with Crippen LogP contribution in [-0.2, 0) is 0 Å². The zero-order chi connectivity index (χ0) is 57.2. The van der Waals surface area contributed by atoms with Crippen molar-refractivity contribution in [2.45, 2.75) is 0 Å². The quantitative estimate of drug-likeness (QED) is 0.120. The summed E-state index contributed by atoms with van der Waals surface area (Å²) in [7, 11) is 0. The van der Waals surface area contributed by atoms with Crippen LogP contribution in [0.25, 0.3) is 113 Å². The summed E-state index contributed by atoms with van der Waals surface area (Å²) in [6.07, 6.45) is 0. The molecule has 1 aliphatic rings. The molecule has 14 aromatic rings. The first-order valence-corrected chi connectivity index (χ1v) is 28.8. The van der Waals surface area contributed by atoms with E-state index in [-0.39, 0.29) is 0 Å². The number of benzene rings is 11. The summed E-state index contributed by atoms with van der Waals surface area (Å²) < 4.78 is 0. The van der Waals surface area contributed by atoms with Gasteiger partial charge in [-0.25, -0.2) is 29.9 Å². The van der Waals surface area contributed by atoms with E-state index in [1.807, 2.05) is 36.4 Å². The van der Waals surface area contributed by atoms with Crippen molar-refractivity contribution in [2.75, 3.05) is 9.80 Å². The Balaban J connectivity index is 1.09. The molecule has 0 amide bonds. The highest BCUT2D eigenvalue weighted by Gasteiger charge is 2.37. The standard InChI is InChI=1S/C78H52N8/c1-9-29-53(30-10-1)63-50-64(54-31-11-2-12-32-54)80-76(79-63)61-49-62(77-81-65(55-33-13-3-14-34-55)51-66(82-77)56-35-15-4-16-36-56)75(74(60-43-23-8-24-44-60)73(61)59-41-21-7-22-42-59)85-69-45-25-27-47-71(69)86(72-48-28-26-46-70(72)85)78-83-67(57-37-17-5-18-38-57)52-68(84-78)58-39-19-6-20-40-58/h1-52H. The molecule has 0 atom stereocenters. The zero-order valence-electron chi connectivity index (χ0n) is 46.6. The molecule has 0 fully saturated rings. The van der Waals surface area contributed by atoms with Gasteiger partial charge in [0.1, 0.15) is 0 Å². The molecule has 8 heteroatoms. The van der Waals surface area contributed by atoms with Crippen LogP contribution in [0.15, 0.2) is 315 Å². The second-order valence-corrected chi connectivity index (χ2v) is 21.0. The third-order valence-electron chi connectivity index (χ3n) is 15.6. The third-order valence-corrected chi connectivity index (χ3v) is 15.6. The monoisotopic (exact) mass is 1100 g/mol. The smallest absolute Gasteiger partial charge is 0.235 e. The number of anilines is 6. The van der Waals surface area contributed by atoms with Crippen LogP contribution < -0.4 is 9.80 Å². The molecule has 4 heterocycles. The molecule has 1 aliphatic heterocycles. The topological polar surface area (TPSA) is 83.8 Å². The van der Waals surface area contributed by atoms with Gasteiger partial charge in [0.25, 0.3) is 0 Å². The molecule has 0 spiro atoms. The van der Waals surface area contributed by atoms with E-state index >= 15 is 0 Å². The Morgan fingerprint density at radius 1 is 0.198 bits per heavy atom. The highest BCUT2D eigenvalue weighted by Crippen LogP contribution is 2.59. The summed E-state index contributed by atoms with van der Waals surface area (Å²) in [5, 5.41) is 0. The molecule has 0 aliphatic carbocycles. The van der Waals surface area contributed by atoms with Crippen molar-refractivity contribution >= 4 is 34.4 Å². The molecule has 0 saturated heterocycles. The van der Waals surface area contributed by atoms with Crippen molar-refractivity contribution in [1.82, 2.24) is 29.9 Å². The van der Waals surface area contributed by atoms with Gasteiger partial charge in [-0.3, -0.25) is 4.90 Å². The number of hydrogen-bond donors (Lipinski definition) is 0. The number of aromatic nitrogens is 6. The van der Waals surface area contributed by atoms with Gasteiger partial charge in [-0.15, -0.1) is 0 Å². The zero-order valence-corrected chi connectivity index (χ0v) is 46.6. The van der Waals surface area contributed by atoms with Gasteiger partial charge >= 0.3 is 0 Å². The minimum absolute atomic E-state index is 0.518. The molecular weight excluding hydrogens is 1050 g/mol. The lowest BCUT2D eigenvalue weighted by Gasteiger charge is -2.41. The van der Waals surface area contributed by atoms with Crippen molar-refractivity contribution in [3.63, 3.8) is 0 Å². The van der Waals surface area contributed by atoms with E-state index in [1.54, 1.807) is 0 Å². The first-order valence-electron chi connectivity index (χ1n) is 28.8. The average Bonchev–Trinajstić information content (AvgIpc) is 0.984. The number of para-hydroxylation sites is 4. The second kappa shape index (κ2) is 22.5. The van der Waals surface area contributed by atoms with Gasteiger partial charge in [0.2, 0.25) is 5.95 Å². The Bertz CT molecular complexity index is 4510. The lowest BCUT2D eigenvalue weighted by molar-refractivity contribution is 1.06. The van der Waals surface area contributed by atoms with E-state index in [0.717, 1.165) is 129 Å². The summed E-state index contributed by atoms with van der Waals surface area (Å²) in [6.45, 7) is 0. The SMILES string of the molecule is c1ccc(-c2cc(-c3ccccc3)nc(-c3cc(-c4nc(-c5ccccc5)cc(-c5ccccc5)n4)c(N4c5ccccc5N(c5nc(-c6ccccc6)cc(-c6ccccc6)n5)c5ccccc54)c(-c4ccccc4)c3-c3ccccc3)n2)cc1. The second-order valence-electron chi connectivity index (χ2n) is 21.0. The maximum atomic E-state index is 5.70. The summed E-state index contributed by atoms with van der Waals surface area (Å²) in [6, 6.07) is 109. The lowest BCUT2D eigenvalue weighted by atomic mass is 9.84. The normalized spacial score (nSPS) is 11.7. The van der Waals surface area contributed by atoms with E-state index < -0.39 is 0 Å². The Labute approximate surface area is 499 Å². The van der Waals surface area contributed by atoms with Gasteiger partial charge < -0.3 is 4.90 Å². The van der Waals surface area contributed by atoms with Gasteiger partial charge in [0.05, 0.1) is 62.6 Å². The van der Waals surface area contributed by atoms with E-state index in [4.69, 9.17) is 29.9 Å².